The minimum Gasteiger partial charge on any atom is -0.312 e. The molecular formula is C16H24N2O3S. The van der Waals surface area contributed by atoms with E-state index in [1.165, 1.54) is 0 Å². The zero-order valence-corrected chi connectivity index (χ0v) is 14.2. The molecule has 1 amide bonds. The second-order valence-corrected chi connectivity index (χ2v) is 7.45. The quantitative estimate of drug-likeness (QED) is 0.874. The van der Waals surface area contributed by atoms with Gasteiger partial charge in [0.25, 0.3) is 0 Å². The van der Waals surface area contributed by atoms with E-state index in [-0.39, 0.29) is 16.8 Å². The van der Waals surface area contributed by atoms with Crippen LogP contribution in [-0.2, 0) is 14.8 Å². The van der Waals surface area contributed by atoms with Crippen molar-refractivity contribution in [1.82, 2.24) is 4.72 Å². The molecule has 0 aliphatic carbocycles. The molecule has 0 spiro atoms. The molecule has 1 aromatic carbocycles. The van der Waals surface area contributed by atoms with Gasteiger partial charge in [-0.05, 0) is 49.9 Å². The predicted molar refractivity (Wildman–Crippen MR) is 87.5 cm³/mol. The van der Waals surface area contributed by atoms with Crippen molar-refractivity contribution in [3.8, 4) is 0 Å². The minimum absolute atomic E-state index is 0.0508. The molecule has 1 saturated heterocycles. The third-order valence-electron chi connectivity index (χ3n) is 4.15. The number of sulfonamides is 1. The fourth-order valence-electron chi connectivity index (χ4n) is 2.74. The van der Waals surface area contributed by atoms with Crippen molar-refractivity contribution >= 4 is 21.6 Å². The van der Waals surface area contributed by atoms with Gasteiger partial charge < -0.3 is 4.90 Å². The highest BCUT2D eigenvalue weighted by molar-refractivity contribution is 7.89. The summed E-state index contributed by atoms with van der Waals surface area (Å²) in [5, 5.41) is 0. The Bertz CT molecular complexity index is 651. The third kappa shape index (κ3) is 3.50. The lowest BCUT2D eigenvalue weighted by Crippen LogP contribution is -2.34. The van der Waals surface area contributed by atoms with Gasteiger partial charge in [-0.2, -0.15) is 0 Å². The van der Waals surface area contributed by atoms with Crippen molar-refractivity contribution < 1.29 is 13.2 Å². The topological polar surface area (TPSA) is 66.5 Å². The highest BCUT2D eigenvalue weighted by Gasteiger charge is 2.24. The molecule has 6 heteroatoms. The fourth-order valence-corrected chi connectivity index (χ4v) is 4.23. The van der Waals surface area contributed by atoms with E-state index in [0.29, 0.717) is 13.0 Å². The van der Waals surface area contributed by atoms with E-state index in [1.807, 2.05) is 20.8 Å². The number of carbonyl (C=O) groups excluding carboxylic acids is 1. The number of nitrogens with zero attached hydrogens (tertiary/aromatic N) is 1. The van der Waals surface area contributed by atoms with Crippen molar-refractivity contribution in [3.63, 3.8) is 0 Å². The Balaban J connectivity index is 2.27. The average molecular weight is 324 g/mol. The maximum Gasteiger partial charge on any atom is 0.240 e. The van der Waals surface area contributed by atoms with E-state index >= 15 is 0 Å². The summed E-state index contributed by atoms with van der Waals surface area (Å²) < 4.78 is 27.6. The molecule has 0 bridgehead atoms. The van der Waals surface area contributed by atoms with Gasteiger partial charge in [-0.15, -0.1) is 0 Å². The Morgan fingerprint density at radius 1 is 1.27 bits per heavy atom. The molecule has 1 aliphatic rings. The van der Waals surface area contributed by atoms with Crippen LogP contribution in [0.4, 0.5) is 5.69 Å². The maximum absolute atomic E-state index is 12.4. The number of hydrogen-bond acceptors (Lipinski definition) is 3. The molecule has 1 fully saturated rings. The number of aryl methyl sites for hydroxylation is 1. The number of nitrogens with one attached hydrogen (secondary N) is 1. The van der Waals surface area contributed by atoms with Crippen LogP contribution in [0.5, 0.6) is 0 Å². The fraction of sp³-hybridized carbons (Fsp3) is 0.562. The lowest BCUT2D eigenvalue weighted by Gasteiger charge is -2.20. The molecule has 122 valence electrons. The summed E-state index contributed by atoms with van der Waals surface area (Å²) in [6, 6.07) is 4.91. The molecule has 5 nitrogen and oxygen atoms in total. The van der Waals surface area contributed by atoms with Crippen LogP contribution in [0, 0.1) is 6.92 Å². The first-order valence-electron chi connectivity index (χ1n) is 7.82. The van der Waals surface area contributed by atoms with Gasteiger partial charge in [-0.25, -0.2) is 13.1 Å². The highest BCUT2D eigenvalue weighted by Crippen LogP contribution is 2.27. The lowest BCUT2D eigenvalue weighted by molar-refractivity contribution is -0.117. The molecular weight excluding hydrogens is 300 g/mol. The van der Waals surface area contributed by atoms with Gasteiger partial charge >= 0.3 is 0 Å². The van der Waals surface area contributed by atoms with Gasteiger partial charge in [-0.1, -0.05) is 13.8 Å². The van der Waals surface area contributed by atoms with Crippen LogP contribution in [0.2, 0.25) is 0 Å². The van der Waals surface area contributed by atoms with Crippen LogP contribution in [0.25, 0.3) is 0 Å². The van der Waals surface area contributed by atoms with E-state index in [9.17, 15) is 13.2 Å². The highest BCUT2D eigenvalue weighted by atomic mass is 32.2. The second-order valence-electron chi connectivity index (χ2n) is 5.73. The summed E-state index contributed by atoms with van der Waals surface area (Å²) in [5.74, 6) is 0.105. The van der Waals surface area contributed by atoms with Crippen LogP contribution >= 0.6 is 0 Å². The first-order chi connectivity index (χ1) is 10.4. The second kappa shape index (κ2) is 6.79. The molecule has 1 aliphatic heterocycles. The smallest absolute Gasteiger partial charge is 0.240 e. The van der Waals surface area contributed by atoms with E-state index in [0.717, 1.165) is 30.5 Å². The summed E-state index contributed by atoms with van der Waals surface area (Å²) in [6.07, 6.45) is 2.94. The van der Waals surface area contributed by atoms with Crippen LogP contribution < -0.4 is 9.62 Å². The van der Waals surface area contributed by atoms with Gasteiger partial charge in [0.2, 0.25) is 15.9 Å². The average Bonchev–Trinajstić information content (AvgIpc) is 2.90. The molecule has 1 heterocycles. The van der Waals surface area contributed by atoms with E-state index in [1.54, 1.807) is 23.1 Å². The van der Waals surface area contributed by atoms with Crippen molar-refractivity contribution in [2.75, 3.05) is 11.4 Å². The number of hydrogen-bond donors (Lipinski definition) is 1. The standard InChI is InChI=1S/C16H24N2O3S/c1-4-13(5-2)17-22(20,21)14-8-9-15(12(3)11-14)18-10-6-7-16(18)19/h8-9,11,13,17H,4-7,10H2,1-3H3. The molecule has 22 heavy (non-hydrogen) atoms. The van der Waals surface area contributed by atoms with Crippen molar-refractivity contribution in [2.24, 2.45) is 0 Å². The van der Waals surface area contributed by atoms with E-state index in [2.05, 4.69) is 4.72 Å². The summed E-state index contributed by atoms with van der Waals surface area (Å²) in [6.45, 7) is 6.48. The van der Waals surface area contributed by atoms with Crippen molar-refractivity contribution in [2.45, 2.75) is 57.4 Å². The molecule has 0 unspecified atom stereocenters. The molecule has 0 atom stereocenters. The molecule has 0 aromatic heterocycles. The Hall–Kier alpha value is -1.40. The van der Waals surface area contributed by atoms with Gasteiger partial charge in [0, 0.05) is 24.7 Å². The molecule has 0 saturated carbocycles. The first-order valence-corrected chi connectivity index (χ1v) is 9.30. The summed E-state index contributed by atoms with van der Waals surface area (Å²) in [5.41, 5.74) is 1.62. The van der Waals surface area contributed by atoms with E-state index < -0.39 is 10.0 Å². The van der Waals surface area contributed by atoms with Crippen molar-refractivity contribution in [1.29, 1.82) is 0 Å². The van der Waals surface area contributed by atoms with Gasteiger partial charge in [-0.3, -0.25) is 4.79 Å². The minimum atomic E-state index is -3.51. The SMILES string of the molecule is CCC(CC)NS(=O)(=O)c1ccc(N2CCCC2=O)c(C)c1. The molecule has 1 aromatic rings. The molecule has 2 rings (SSSR count). The summed E-state index contributed by atoms with van der Waals surface area (Å²) in [7, 11) is -3.51. The predicted octanol–water partition coefficient (Wildman–Crippen LogP) is 2.59. The van der Waals surface area contributed by atoms with Crippen LogP contribution in [0.1, 0.15) is 45.1 Å². The van der Waals surface area contributed by atoms with Gasteiger partial charge in [0.05, 0.1) is 4.90 Å². The van der Waals surface area contributed by atoms with Gasteiger partial charge in [0.15, 0.2) is 0 Å². The monoisotopic (exact) mass is 324 g/mol. The van der Waals surface area contributed by atoms with Crippen molar-refractivity contribution in [3.05, 3.63) is 23.8 Å². The van der Waals surface area contributed by atoms with Crippen LogP contribution in [0.3, 0.4) is 0 Å². The summed E-state index contributed by atoms with van der Waals surface area (Å²) >= 11 is 0. The number of anilines is 1. The Morgan fingerprint density at radius 2 is 1.95 bits per heavy atom. The number of benzene rings is 1. The summed E-state index contributed by atoms with van der Waals surface area (Å²) in [4.78, 5) is 13.8. The van der Waals surface area contributed by atoms with Crippen LogP contribution in [0.15, 0.2) is 23.1 Å². The maximum atomic E-state index is 12.4. The van der Waals surface area contributed by atoms with Gasteiger partial charge in [0.1, 0.15) is 0 Å². The van der Waals surface area contributed by atoms with Crippen LogP contribution in [-0.4, -0.2) is 26.9 Å². The largest absolute Gasteiger partial charge is 0.312 e. The number of rotatable bonds is 6. The number of amides is 1. The molecule has 1 N–H and O–H groups in total. The molecule has 0 radical (unpaired) electrons. The Kier molecular flexibility index (Phi) is 5.24. The zero-order chi connectivity index (χ0) is 16.3. The van der Waals surface area contributed by atoms with E-state index in [4.69, 9.17) is 0 Å². The normalized spacial score (nSPS) is 15.8. The number of carbonyl (C=O) groups is 1. The third-order valence-corrected chi connectivity index (χ3v) is 5.67. The zero-order valence-electron chi connectivity index (χ0n) is 13.4. The lowest BCUT2D eigenvalue weighted by atomic mass is 10.2. The Labute approximate surface area is 132 Å². The first kappa shape index (κ1) is 17.0. The Morgan fingerprint density at radius 3 is 2.45 bits per heavy atom.